The average molecular weight is 290 g/mol. The minimum absolute atomic E-state index is 0.0195. The van der Waals surface area contributed by atoms with E-state index in [2.05, 4.69) is 11.9 Å². The van der Waals surface area contributed by atoms with E-state index >= 15 is 0 Å². The number of pyridine rings is 1. The van der Waals surface area contributed by atoms with Gasteiger partial charge in [-0.3, -0.25) is 9.78 Å². The molecule has 1 aromatic heterocycles. The van der Waals surface area contributed by atoms with Crippen LogP contribution < -0.4 is 0 Å². The second-order valence-electron chi connectivity index (χ2n) is 5.34. The van der Waals surface area contributed by atoms with Gasteiger partial charge in [-0.1, -0.05) is 13.3 Å². The summed E-state index contributed by atoms with van der Waals surface area (Å²) in [6.07, 6.45) is 6.29. The molecule has 0 N–H and O–H groups in total. The summed E-state index contributed by atoms with van der Waals surface area (Å²) in [5.74, 6) is 0.107. The fourth-order valence-electron chi connectivity index (χ4n) is 2.46. The van der Waals surface area contributed by atoms with Crippen molar-refractivity contribution in [3.8, 4) is 0 Å². The first-order chi connectivity index (χ1) is 10.2. The van der Waals surface area contributed by atoms with Crippen molar-refractivity contribution in [2.75, 3.05) is 19.7 Å². The number of rotatable bonds is 5. The van der Waals surface area contributed by atoms with E-state index in [1.807, 2.05) is 0 Å². The molecule has 1 aliphatic rings. The van der Waals surface area contributed by atoms with E-state index < -0.39 is 0 Å². The molecule has 0 radical (unpaired) electrons. The van der Waals surface area contributed by atoms with Gasteiger partial charge in [0, 0.05) is 37.0 Å². The molecule has 1 aromatic rings. The Bertz CT molecular complexity index is 468. The zero-order valence-corrected chi connectivity index (χ0v) is 12.5. The van der Waals surface area contributed by atoms with Gasteiger partial charge in [-0.25, -0.2) is 4.79 Å². The van der Waals surface area contributed by atoms with E-state index in [0.717, 1.165) is 12.8 Å². The number of unbranched alkanes of at least 4 members (excludes halogenated alkanes) is 1. The molecule has 114 valence electrons. The Morgan fingerprint density at radius 2 is 2.14 bits per heavy atom. The van der Waals surface area contributed by atoms with E-state index in [9.17, 15) is 9.59 Å². The van der Waals surface area contributed by atoms with E-state index in [1.165, 1.54) is 0 Å². The first-order valence-corrected chi connectivity index (χ1v) is 7.58. The monoisotopic (exact) mass is 290 g/mol. The van der Waals surface area contributed by atoms with Crippen molar-refractivity contribution < 1.29 is 14.3 Å². The van der Waals surface area contributed by atoms with Gasteiger partial charge < -0.3 is 9.64 Å². The number of carbonyl (C=O) groups excluding carboxylic acids is 2. The minimum atomic E-state index is -0.254. The third-order valence-corrected chi connectivity index (χ3v) is 3.79. The molecule has 2 rings (SSSR count). The molecule has 0 atom stereocenters. The normalized spacial score (nSPS) is 15.8. The Hall–Kier alpha value is -1.91. The molecular formula is C16H22N2O3. The number of aromatic nitrogens is 1. The average Bonchev–Trinajstić information content (AvgIpc) is 2.55. The summed E-state index contributed by atoms with van der Waals surface area (Å²) >= 11 is 0. The molecule has 5 heteroatoms. The van der Waals surface area contributed by atoms with E-state index in [-0.39, 0.29) is 17.8 Å². The van der Waals surface area contributed by atoms with E-state index in [0.29, 0.717) is 38.1 Å². The van der Waals surface area contributed by atoms with Gasteiger partial charge in [0.1, 0.15) is 0 Å². The number of likely N-dealkylation sites (tertiary alicyclic amines) is 1. The van der Waals surface area contributed by atoms with Crippen LogP contribution in [0.5, 0.6) is 0 Å². The maximum atomic E-state index is 12.3. The van der Waals surface area contributed by atoms with Gasteiger partial charge in [0.15, 0.2) is 5.78 Å². The lowest BCUT2D eigenvalue weighted by Crippen LogP contribution is -2.40. The van der Waals surface area contributed by atoms with Crippen molar-refractivity contribution in [2.24, 2.45) is 5.92 Å². The van der Waals surface area contributed by atoms with Crippen molar-refractivity contribution in [1.82, 2.24) is 9.88 Å². The predicted octanol–water partition coefficient (Wildman–Crippen LogP) is 2.91. The summed E-state index contributed by atoms with van der Waals surface area (Å²) in [7, 11) is 0. The highest BCUT2D eigenvalue weighted by Gasteiger charge is 2.28. The Morgan fingerprint density at radius 3 is 2.76 bits per heavy atom. The van der Waals surface area contributed by atoms with E-state index in [1.54, 1.807) is 29.4 Å². The van der Waals surface area contributed by atoms with Crippen molar-refractivity contribution in [3.05, 3.63) is 30.1 Å². The molecule has 0 saturated carbocycles. The fourth-order valence-corrected chi connectivity index (χ4v) is 2.46. The second kappa shape index (κ2) is 7.76. The van der Waals surface area contributed by atoms with Crippen LogP contribution in [0.4, 0.5) is 4.79 Å². The zero-order chi connectivity index (χ0) is 15.1. The van der Waals surface area contributed by atoms with Crippen LogP contribution in [0.2, 0.25) is 0 Å². The number of piperidine rings is 1. The SMILES string of the molecule is CCCCOC(=O)N1CCC(C(=O)c2cccnc2)CC1. The Balaban J connectivity index is 1.80. The van der Waals surface area contributed by atoms with Gasteiger partial charge in [0.2, 0.25) is 0 Å². The summed E-state index contributed by atoms with van der Waals surface area (Å²) < 4.78 is 5.19. The zero-order valence-electron chi connectivity index (χ0n) is 12.5. The molecule has 21 heavy (non-hydrogen) atoms. The summed E-state index contributed by atoms with van der Waals surface area (Å²) in [4.78, 5) is 29.8. The number of Topliss-reactive ketones (excluding diaryl/α,β-unsaturated/α-hetero) is 1. The van der Waals surface area contributed by atoms with Crippen LogP contribution in [0.1, 0.15) is 43.0 Å². The molecule has 1 amide bonds. The molecular weight excluding hydrogens is 268 g/mol. The lowest BCUT2D eigenvalue weighted by molar-refractivity contribution is 0.0733. The number of hydrogen-bond acceptors (Lipinski definition) is 4. The van der Waals surface area contributed by atoms with Crippen molar-refractivity contribution in [3.63, 3.8) is 0 Å². The van der Waals surface area contributed by atoms with Crippen LogP contribution in [0.15, 0.2) is 24.5 Å². The largest absolute Gasteiger partial charge is 0.449 e. The molecule has 0 bridgehead atoms. The molecule has 0 aliphatic carbocycles. The molecule has 1 fully saturated rings. The van der Waals surface area contributed by atoms with Crippen LogP contribution in [-0.2, 0) is 4.74 Å². The highest BCUT2D eigenvalue weighted by molar-refractivity contribution is 5.97. The van der Waals surface area contributed by atoms with Crippen LogP contribution in [0, 0.1) is 5.92 Å². The lowest BCUT2D eigenvalue weighted by Gasteiger charge is -2.30. The molecule has 1 aliphatic heterocycles. The third kappa shape index (κ3) is 4.28. The molecule has 0 aromatic carbocycles. The Morgan fingerprint density at radius 1 is 1.38 bits per heavy atom. The van der Waals surface area contributed by atoms with Crippen LogP contribution in [-0.4, -0.2) is 41.5 Å². The van der Waals surface area contributed by atoms with Crippen molar-refractivity contribution in [2.45, 2.75) is 32.6 Å². The van der Waals surface area contributed by atoms with E-state index in [4.69, 9.17) is 4.74 Å². The maximum Gasteiger partial charge on any atom is 0.409 e. The number of carbonyl (C=O) groups is 2. The van der Waals surface area contributed by atoms with Gasteiger partial charge in [-0.05, 0) is 31.4 Å². The summed E-state index contributed by atoms with van der Waals surface area (Å²) in [6, 6.07) is 3.56. The number of amides is 1. The lowest BCUT2D eigenvalue weighted by atomic mass is 9.89. The van der Waals surface area contributed by atoms with Gasteiger partial charge in [-0.2, -0.15) is 0 Å². The minimum Gasteiger partial charge on any atom is -0.449 e. The van der Waals surface area contributed by atoms with Crippen molar-refractivity contribution >= 4 is 11.9 Å². The Labute approximate surface area is 125 Å². The highest BCUT2D eigenvalue weighted by atomic mass is 16.6. The smallest absolute Gasteiger partial charge is 0.409 e. The Kier molecular flexibility index (Phi) is 5.72. The molecule has 2 heterocycles. The quantitative estimate of drug-likeness (QED) is 0.618. The number of ether oxygens (including phenoxy) is 1. The number of ketones is 1. The first-order valence-electron chi connectivity index (χ1n) is 7.58. The van der Waals surface area contributed by atoms with Crippen molar-refractivity contribution in [1.29, 1.82) is 0 Å². The summed E-state index contributed by atoms with van der Waals surface area (Å²) in [5.41, 5.74) is 0.654. The maximum absolute atomic E-state index is 12.3. The topological polar surface area (TPSA) is 59.5 Å². The molecule has 0 unspecified atom stereocenters. The van der Waals surface area contributed by atoms with Crippen LogP contribution >= 0.6 is 0 Å². The van der Waals surface area contributed by atoms with Gasteiger partial charge >= 0.3 is 6.09 Å². The standard InChI is InChI=1S/C16H22N2O3/c1-2-3-11-21-16(20)18-9-6-13(7-10-18)15(19)14-5-4-8-17-12-14/h4-5,8,12-13H,2-3,6-7,9-11H2,1H3. The third-order valence-electron chi connectivity index (χ3n) is 3.79. The number of hydrogen-bond donors (Lipinski definition) is 0. The highest BCUT2D eigenvalue weighted by Crippen LogP contribution is 2.21. The van der Waals surface area contributed by atoms with Crippen LogP contribution in [0.25, 0.3) is 0 Å². The molecule has 0 spiro atoms. The fraction of sp³-hybridized carbons (Fsp3) is 0.562. The number of nitrogens with zero attached hydrogens (tertiary/aromatic N) is 2. The van der Waals surface area contributed by atoms with Gasteiger partial charge in [-0.15, -0.1) is 0 Å². The summed E-state index contributed by atoms with van der Waals surface area (Å²) in [5, 5.41) is 0. The van der Waals surface area contributed by atoms with Gasteiger partial charge in [0.05, 0.1) is 6.61 Å². The van der Waals surface area contributed by atoms with Gasteiger partial charge in [0.25, 0.3) is 0 Å². The first kappa shape index (κ1) is 15.5. The predicted molar refractivity (Wildman–Crippen MR) is 79.1 cm³/mol. The van der Waals surface area contributed by atoms with Crippen LogP contribution in [0.3, 0.4) is 0 Å². The summed E-state index contributed by atoms with van der Waals surface area (Å²) in [6.45, 7) is 3.70. The molecule has 1 saturated heterocycles. The molecule has 5 nitrogen and oxygen atoms in total. The second-order valence-corrected chi connectivity index (χ2v) is 5.34.